The van der Waals surface area contributed by atoms with E-state index in [0.717, 1.165) is 24.7 Å². The van der Waals surface area contributed by atoms with Crippen LogP contribution >= 0.6 is 0 Å². The topological polar surface area (TPSA) is 12.0 Å². The van der Waals surface area contributed by atoms with E-state index in [1.807, 2.05) is 0 Å². The van der Waals surface area contributed by atoms with E-state index in [4.69, 9.17) is 0 Å². The second kappa shape index (κ2) is 4.67. The Morgan fingerprint density at radius 2 is 1.31 bits per heavy atom. The summed E-state index contributed by atoms with van der Waals surface area (Å²) in [7, 11) is 0. The highest BCUT2D eigenvalue weighted by Crippen LogP contribution is 2.30. The minimum atomic E-state index is 0.963. The van der Waals surface area contributed by atoms with E-state index in [2.05, 4.69) is 17.2 Å². The van der Waals surface area contributed by atoms with E-state index in [-0.39, 0.29) is 0 Å². The first kappa shape index (κ1) is 9.09. The fraction of sp³-hybridized carbons (Fsp3) is 0.833. The zero-order valence-electron chi connectivity index (χ0n) is 8.31. The molecular formula is C12H19N. The van der Waals surface area contributed by atoms with Crippen LogP contribution in [0.3, 0.4) is 0 Å². The van der Waals surface area contributed by atoms with Gasteiger partial charge >= 0.3 is 0 Å². The summed E-state index contributed by atoms with van der Waals surface area (Å²) in [4.78, 5) is 0. The van der Waals surface area contributed by atoms with Crippen LogP contribution in [0.25, 0.3) is 0 Å². The maximum atomic E-state index is 3.44. The third kappa shape index (κ3) is 2.48. The fourth-order valence-corrected chi connectivity index (χ4v) is 2.62. The molecule has 0 radical (unpaired) electrons. The van der Waals surface area contributed by atoms with Crippen molar-refractivity contribution in [3.05, 3.63) is 0 Å². The van der Waals surface area contributed by atoms with E-state index >= 15 is 0 Å². The van der Waals surface area contributed by atoms with Crippen molar-refractivity contribution in [3.8, 4) is 11.8 Å². The van der Waals surface area contributed by atoms with E-state index < -0.39 is 0 Å². The SMILES string of the molecule is C1#CCCC(C2CCNCC2)CC1. The normalized spacial score (nSPS) is 26.2. The molecule has 2 rings (SSSR count). The maximum Gasteiger partial charge on any atom is 0.00914 e. The van der Waals surface area contributed by atoms with Crippen molar-refractivity contribution < 1.29 is 0 Å². The number of rotatable bonds is 1. The Balaban J connectivity index is 1.84. The lowest BCUT2D eigenvalue weighted by molar-refractivity contribution is 0.239. The van der Waals surface area contributed by atoms with Crippen molar-refractivity contribution in [2.45, 2.75) is 38.5 Å². The lowest BCUT2D eigenvalue weighted by atomic mass is 9.80. The lowest BCUT2D eigenvalue weighted by Gasteiger charge is -2.29. The molecular weight excluding hydrogens is 158 g/mol. The lowest BCUT2D eigenvalue weighted by Crippen LogP contribution is -2.31. The Morgan fingerprint density at radius 3 is 1.92 bits per heavy atom. The summed E-state index contributed by atoms with van der Waals surface area (Å²) in [5.41, 5.74) is 0. The van der Waals surface area contributed by atoms with Crippen LogP contribution in [0.5, 0.6) is 0 Å². The summed E-state index contributed by atoms with van der Waals surface area (Å²) in [5, 5.41) is 3.44. The Hall–Kier alpha value is -0.480. The molecule has 0 unspecified atom stereocenters. The molecule has 72 valence electrons. The van der Waals surface area contributed by atoms with Gasteiger partial charge in [-0.2, -0.15) is 0 Å². The van der Waals surface area contributed by atoms with Crippen molar-refractivity contribution in [3.63, 3.8) is 0 Å². The van der Waals surface area contributed by atoms with Crippen LogP contribution in [0.2, 0.25) is 0 Å². The van der Waals surface area contributed by atoms with Gasteiger partial charge in [0, 0.05) is 12.8 Å². The summed E-state index contributed by atoms with van der Waals surface area (Å²) in [6, 6.07) is 0. The third-order valence-electron chi connectivity index (χ3n) is 3.46. The molecule has 0 aromatic rings. The van der Waals surface area contributed by atoms with Crippen LogP contribution in [0.1, 0.15) is 38.5 Å². The van der Waals surface area contributed by atoms with E-state index in [0.29, 0.717) is 0 Å². The van der Waals surface area contributed by atoms with Crippen LogP contribution in [0, 0.1) is 23.7 Å². The molecule has 1 heterocycles. The molecule has 1 aliphatic heterocycles. The van der Waals surface area contributed by atoms with E-state index in [9.17, 15) is 0 Å². The average molecular weight is 177 g/mol. The van der Waals surface area contributed by atoms with Gasteiger partial charge in [-0.1, -0.05) is 0 Å². The number of piperidine rings is 1. The average Bonchev–Trinajstić information content (AvgIpc) is 2.47. The first-order valence-electron chi connectivity index (χ1n) is 5.63. The van der Waals surface area contributed by atoms with Crippen LogP contribution in [0.4, 0.5) is 0 Å². The summed E-state index contributed by atoms with van der Waals surface area (Å²) in [5.74, 6) is 8.45. The standard InChI is InChI=1S/C12H19N/c1-2-4-6-11(5-3-1)12-7-9-13-10-8-12/h11-13H,3-10H2. The van der Waals surface area contributed by atoms with Gasteiger partial charge in [0.05, 0.1) is 0 Å². The maximum absolute atomic E-state index is 3.44. The van der Waals surface area contributed by atoms with Gasteiger partial charge in [-0.25, -0.2) is 0 Å². The molecule has 1 nitrogen and oxygen atoms in total. The molecule has 0 saturated carbocycles. The van der Waals surface area contributed by atoms with Gasteiger partial charge in [-0.15, -0.1) is 11.8 Å². The third-order valence-corrected chi connectivity index (χ3v) is 3.46. The van der Waals surface area contributed by atoms with Gasteiger partial charge in [0.25, 0.3) is 0 Å². The first-order chi connectivity index (χ1) is 6.47. The predicted octanol–water partition coefficient (Wildman–Crippen LogP) is 2.18. The molecule has 0 atom stereocenters. The quantitative estimate of drug-likeness (QED) is 0.605. The molecule has 0 bridgehead atoms. The van der Waals surface area contributed by atoms with Gasteiger partial charge in [0.2, 0.25) is 0 Å². The van der Waals surface area contributed by atoms with Gasteiger partial charge in [-0.05, 0) is 50.6 Å². The molecule has 1 aliphatic carbocycles. The van der Waals surface area contributed by atoms with Crippen LogP contribution in [0.15, 0.2) is 0 Å². The van der Waals surface area contributed by atoms with Crippen molar-refractivity contribution in [2.24, 2.45) is 11.8 Å². The molecule has 0 aromatic carbocycles. The predicted molar refractivity (Wildman–Crippen MR) is 55.3 cm³/mol. The monoisotopic (exact) mass is 177 g/mol. The van der Waals surface area contributed by atoms with Crippen molar-refractivity contribution in [1.29, 1.82) is 0 Å². The Bertz CT molecular complexity index is 193. The highest BCUT2D eigenvalue weighted by Gasteiger charge is 2.22. The molecule has 1 saturated heterocycles. The molecule has 1 N–H and O–H groups in total. The molecule has 1 fully saturated rings. The van der Waals surface area contributed by atoms with Gasteiger partial charge in [0.1, 0.15) is 0 Å². The summed E-state index contributed by atoms with van der Waals surface area (Å²) >= 11 is 0. The number of nitrogens with one attached hydrogen (secondary N) is 1. The van der Waals surface area contributed by atoms with E-state index in [1.54, 1.807) is 0 Å². The van der Waals surface area contributed by atoms with Crippen LogP contribution in [-0.2, 0) is 0 Å². The second-order valence-electron chi connectivity index (χ2n) is 4.28. The van der Waals surface area contributed by atoms with E-state index in [1.165, 1.54) is 38.8 Å². The summed E-state index contributed by atoms with van der Waals surface area (Å²) in [6.07, 6.45) is 7.80. The van der Waals surface area contributed by atoms with Crippen LogP contribution in [-0.4, -0.2) is 13.1 Å². The summed E-state index contributed by atoms with van der Waals surface area (Å²) < 4.78 is 0. The number of hydrogen-bond donors (Lipinski definition) is 1. The van der Waals surface area contributed by atoms with Gasteiger partial charge in [-0.3, -0.25) is 0 Å². The van der Waals surface area contributed by atoms with Crippen LogP contribution < -0.4 is 5.32 Å². The summed E-state index contributed by atoms with van der Waals surface area (Å²) in [6.45, 7) is 2.48. The largest absolute Gasteiger partial charge is 0.317 e. The second-order valence-corrected chi connectivity index (χ2v) is 4.28. The van der Waals surface area contributed by atoms with Crippen molar-refractivity contribution >= 4 is 0 Å². The van der Waals surface area contributed by atoms with Crippen molar-refractivity contribution in [2.75, 3.05) is 13.1 Å². The Kier molecular flexibility index (Phi) is 3.27. The minimum absolute atomic E-state index is 0.963. The van der Waals surface area contributed by atoms with Gasteiger partial charge in [0.15, 0.2) is 0 Å². The number of hydrogen-bond acceptors (Lipinski definition) is 1. The Morgan fingerprint density at radius 1 is 0.769 bits per heavy atom. The zero-order chi connectivity index (χ0) is 8.93. The fourth-order valence-electron chi connectivity index (χ4n) is 2.62. The molecule has 0 amide bonds. The van der Waals surface area contributed by atoms with Crippen molar-refractivity contribution in [1.82, 2.24) is 5.32 Å². The molecule has 2 aliphatic rings. The molecule has 0 aromatic heterocycles. The van der Waals surface area contributed by atoms with Gasteiger partial charge < -0.3 is 5.32 Å². The zero-order valence-corrected chi connectivity index (χ0v) is 8.31. The highest BCUT2D eigenvalue weighted by atomic mass is 14.9. The smallest absolute Gasteiger partial charge is 0.00914 e. The Labute approximate surface area is 81.3 Å². The molecule has 1 heteroatoms. The molecule has 13 heavy (non-hydrogen) atoms. The minimum Gasteiger partial charge on any atom is -0.317 e. The highest BCUT2D eigenvalue weighted by molar-refractivity contribution is 5.02. The first-order valence-corrected chi connectivity index (χ1v) is 5.63. The molecule has 0 spiro atoms.